The van der Waals surface area contributed by atoms with E-state index in [-0.39, 0.29) is 5.97 Å². The number of aryl methyl sites for hydroxylation is 1. The minimum absolute atomic E-state index is 0.362. The molecule has 4 nitrogen and oxygen atoms in total. The fraction of sp³-hybridized carbons (Fsp3) is 0.600. The van der Waals surface area contributed by atoms with Crippen molar-refractivity contribution in [3.8, 4) is 0 Å². The molecule has 0 amide bonds. The minimum atomic E-state index is -0.368. The first-order chi connectivity index (χ1) is 6.97. The quantitative estimate of drug-likeness (QED) is 0.743. The number of hydrogen-bond acceptors (Lipinski definition) is 5. The summed E-state index contributed by atoms with van der Waals surface area (Å²) in [5, 5.41) is 0.850. The van der Waals surface area contributed by atoms with Crippen molar-refractivity contribution in [2.75, 3.05) is 19.1 Å². The van der Waals surface area contributed by atoms with Crippen LogP contribution in [0.3, 0.4) is 0 Å². The lowest BCUT2D eigenvalue weighted by Crippen LogP contribution is -2.25. The van der Waals surface area contributed by atoms with Crippen LogP contribution in [0.15, 0.2) is 0 Å². The van der Waals surface area contributed by atoms with Gasteiger partial charge < -0.3 is 9.64 Å². The maximum atomic E-state index is 11.3. The van der Waals surface area contributed by atoms with Gasteiger partial charge in [0.1, 0.15) is 0 Å². The smallest absolute Gasteiger partial charge is 0.357 e. The van der Waals surface area contributed by atoms with Crippen LogP contribution in [0.1, 0.15) is 29.2 Å². The summed E-state index contributed by atoms with van der Waals surface area (Å²) < 4.78 is 4.66. The molecular weight excluding hydrogens is 212 g/mol. The fourth-order valence-corrected chi connectivity index (χ4v) is 2.03. The van der Waals surface area contributed by atoms with Crippen molar-refractivity contribution in [3.63, 3.8) is 0 Å². The highest BCUT2D eigenvalue weighted by Gasteiger charge is 2.18. The molecular formula is C10H16N2O2S. The molecule has 5 heteroatoms. The first kappa shape index (κ1) is 12.0. The largest absolute Gasteiger partial charge is 0.464 e. The summed E-state index contributed by atoms with van der Waals surface area (Å²) in [5.74, 6) is -0.368. The molecule has 0 bridgehead atoms. The van der Waals surface area contributed by atoms with E-state index in [0.29, 0.717) is 11.7 Å². The Morgan fingerprint density at radius 2 is 2.13 bits per heavy atom. The first-order valence-electron chi connectivity index (χ1n) is 4.76. The van der Waals surface area contributed by atoms with Crippen molar-refractivity contribution in [1.82, 2.24) is 4.98 Å². The van der Waals surface area contributed by atoms with Gasteiger partial charge in [-0.25, -0.2) is 9.78 Å². The van der Waals surface area contributed by atoms with E-state index in [1.807, 2.05) is 18.9 Å². The molecule has 0 fully saturated rings. The molecule has 0 spiro atoms. The summed E-state index contributed by atoms with van der Waals surface area (Å²) >= 11 is 1.51. The number of esters is 1. The van der Waals surface area contributed by atoms with Crippen LogP contribution in [0.25, 0.3) is 0 Å². The molecule has 0 aliphatic carbocycles. The van der Waals surface area contributed by atoms with Crippen LogP contribution in [0, 0.1) is 6.92 Å². The van der Waals surface area contributed by atoms with Gasteiger partial charge in [0.25, 0.3) is 0 Å². The summed E-state index contributed by atoms with van der Waals surface area (Å²) in [5.41, 5.74) is 0.421. The zero-order chi connectivity index (χ0) is 11.6. The molecule has 0 saturated carbocycles. The summed E-state index contributed by atoms with van der Waals surface area (Å²) in [7, 11) is 3.33. The number of methoxy groups -OCH3 is 1. The highest BCUT2D eigenvalue weighted by atomic mass is 32.1. The second-order valence-electron chi connectivity index (χ2n) is 3.60. The third-order valence-electron chi connectivity index (χ3n) is 2.24. The van der Waals surface area contributed by atoms with Crippen LogP contribution in [-0.2, 0) is 4.74 Å². The standard InChI is InChI=1S/C10H16N2O2S/c1-6(2)12(4)10-11-8(7(3)15-10)9(13)14-5/h6H,1-5H3. The van der Waals surface area contributed by atoms with Crippen molar-refractivity contribution in [2.24, 2.45) is 0 Å². The molecule has 0 radical (unpaired) electrons. The molecule has 1 heterocycles. The summed E-state index contributed by atoms with van der Waals surface area (Å²) in [4.78, 5) is 18.5. The van der Waals surface area contributed by atoms with Crippen LogP contribution >= 0.6 is 11.3 Å². The van der Waals surface area contributed by atoms with Gasteiger partial charge in [0.05, 0.1) is 7.11 Å². The summed E-state index contributed by atoms with van der Waals surface area (Å²) in [6.07, 6.45) is 0. The van der Waals surface area contributed by atoms with Crippen LogP contribution in [-0.4, -0.2) is 31.2 Å². The van der Waals surface area contributed by atoms with E-state index in [2.05, 4.69) is 23.6 Å². The molecule has 0 N–H and O–H groups in total. The Hall–Kier alpha value is -1.10. The van der Waals surface area contributed by atoms with Crippen molar-refractivity contribution < 1.29 is 9.53 Å². The van der Waals surface area contributed by atoms with E-state index in [4.69, 9.17) is 0 Å². The van der Waals surface area contributed by atoms with E-state index in [0.717, 1.165) is 10.0 Å². The van der Waals surface area contributed by atoms with Crippen molar-refractivity contribution in [1.29, 1.82) is 0 Å². The van der Waals surface area contributed by atoms with E-state index in [1.54, 1.807) is 0 Å². The molecule has 0 aromatic carbocycles. The predicted molar refractivity (Wildman–Crippen MR) is 61.7 cm³/mol. The SMILES string of the molecule is COC(=O)c1nc(N(C)C(C)C)sc1C. The Labute approximate surface area is 93.9 Å². The number of ether oxygens (including phenoxy) is 1. The molecule has 0 atom stereocenters. The lowest BCUT2D eigenvalue weighted by atomic mass is 10.4. The highest BCUT2D eigenvalue weighted by molar-refractivity contribution is 7.15. The molecule has 1 aromatic heterocycles. The maximum Gasteiger partial charge on any atom is 0.357 e. The van der Waals surface area contributed by atoms with Gasteiger partial charge in [-0.1, -0.05) is 0 Å². The number of thiazole rings is 1. The number of carbonyl (C=O) groups is 1. The van der Waals surface area contributed by atoms with E-state index in [1.165, 1.54) is 18.4 Å². The normalized spacial score (nSPS) is 10.5. The van der Waals surface area contributed by atoms with Gasteiger partial charge in [0.2, 0.25) is 0 Å². The van der Waals surface area contributed by atoms with Crippen molar-refractivity contribution >= 4 is 22.4 Å². The Morgan fingerprint density at radius 3 is 2.60 bits per heavy atom. The van der Waals surface area contributed by atoms with Crippen molar-refractivity contribution in [3.05, 3.63) is 10.6 Å². The molecule has 1 rings (SSSR count). The number of rotatable bonds is 3. The van der Waals surface area contributed by atoms with Gasteiger partial charge in [-0.2, -0.15) is 0 Å². The number of aromatic nitrogens is 1. The number of hydrogen-bond donors (Lipinski definition) is 0. The van der Waals surface area contributed by atoms with Crippen LogP contribution in [0.4, 0.5) is 5.13 Å². The number of nitrogens with zero attached hydrogens (tertiary/aromatic N) is 2. The summed E-state index contributed by atoms with van der Waals surface area (Å²) in [6.45, 7) is 6.03. The number of anilines is 1. The van der Waals surface area contributed by atoms with Crippen LogP contribution in [0.2, 0.25) is 0 Å². The monoisotopic (exact) mass is 228 g/mol. The molecule has 0 aliphatic rings. The summed E-state index contributed by atoms with van der Waals surface area (Å²) in [6, 6.07) is 0.362. The van der Waals surface area contributed by atoms with Gasteiger partial charge in [-0.3, -0.25) is 0 Å². The lowest BCUT2D eigenvalue weighted by molar-refractivity contribution is 0.0594. The van der Waals surface area contributed by atoms with Gasteiger partial charge in [-0.05, 0) is 20.8 Å². The first-order valence-corrected chi connectivity index (χ1v) is 5.57. The van der Waals surface area contributed by atoms with E-state index >= 15 is 0 Å². The fourth-order valence-electron chi connectivity index (χ4n) is 1.04. The molecule has 0 unspecified atom stereocenters. The molecule has 84 valence electrons. The van der Waals surface area contributed by atoms with Gasteiger partial charge in [-0.15, -0.1) is 11.3 Å². The molecule has 15 heavy (non-hydrogen) atoms. The van der Waals surface area contributed by atoms with Gasteiger partial charge in [0, 0.05) is 18.0 Å². The van der Waals surface area contributed by atoms with E-state index < -0.39 is 0 Å². The number of carbonyl (C=O) groups excluding carboxylic acids is 1. The zero-order valence-electron chi connectivity index (χ0n) is 9.70. The van der Waals surface area contributed by atoms with Gasteiger partial charge >= 0.3 is 5.97 Å². The molecule has 0 saturated heterocycles. The Morgan fingerprint density at radius 1 is 1.53 bits per heavy atom. The third-order valence-corrected chi connectivity index (χ3v) is 3.30. The Kier molecular flexibility index (Phi) is 3.68. The highest BCUT2D eigenvalue weighted by Crippen LogP contribution is 2.26. The van der Waals surface area contributed by atoms with Crippen LogP contribution in [0.5, 0.6) is 0 Å². The topological polar surface area (TPSA) is 42.4 Å². The second kappa shape index (κ2) is 4.61. The Balaban J connectivity index is 3.00. The molecule has 0 aliphatic heterocycles. The second-order valence-corrected chi connectivity index (χ2v) is 4.78. The van der Waals surface area contributed by atoms with Gasteiger partial charge in [0.15, 0.2) is 10.8 Å². The predicted octanol–water partition coefficient (Wildman–Crippen LogP) is 2.08. The minimum Gasteiger partial charge on any atom is -0.464 e. The zero-order valence-corrected chi connectivity index (χ0v) is 10.5. The average Bonchev–Trinajstić information content (AvgIpc) is 2.57. The Bertz CT molecular complexity index is 360. The third kappa shape index (κ3) is 2.47. The average molecular weight is 228 g/mol. The van der Waals surface area contributed by atoms with E-state index in [9.17, 15) is 4.79 Å². The van der Waals surface area contributed by atoms with Crippen LogP contribution < -0.4 is 4.90 Å². The lowest BCUT2D eigenvalue weighted by Gasteiger charge is -2.19. The van der Waals surface area contributed by atoms with Crippen molar-refractivity contribution in [2.45, 2.75) is 26.8 Å². The molecule has 1 aromatic rings. The maximum absolute atomic E-state index is 11.3.